The molecule has 0 aromatic heterocycles. The molecule has 9 heteroatoms. The molecule has 0 aromatic rings. The number of rotatable bonds is 56. The van der Waals surface area contributed by atoms with Crippen LogP contribution in [0.25, 0.3) is 0 Å². The second-order valence-electron chi connectivity index (χ2n) is 21.6. The van der Waals surface area contributed by atoms with Crippen molar-refractivity contribution < 1.29 is 42.9 Å². The van der Waals surface area contributed by atoms with Crippen LogP contribution >= 0.6 is 0 Å². The number of carbonyl (C=O) groups is 3. The Labute approximate surface area is 473 Å². The van der Waals surface area contributed by atoms with Gasteiger partial charge in [-0.1, -0.05) is 258 Å². The summed E-state index contributed by atoms with van der Waals surface area (Å²) in [6.45, 7) is 4.63. The Kier molecular flexibility index (Phi) is 55.1. The lowest BCUT2D eigenvalue weighted by Gasteiger charge is -2.26. The molecule has 2 unspecified atom stereocenters. The number of hydrogen-bond donors (Lipinski definition) is 0. The zero-order chi connectivity index (χ0) is 56.2. The van der Waals surface area contributed by atoms with E-state index in [0.29, 0.717) is 23.9 Å². The van der Waals surface area contributed by atoms with Crippen LogP contribution in [-0.2, 0) is 33.3 Å². The molecule has 440 valence electrons. The van der Waals surface area contributed by atoms with Crippen LogP contribution in [0, 0.1) is 0 Å². The summed E-state index contributed by atoms with van der Waals surface area (Å²) in [5, 5.41) is 11.8. The average Bonchev–Trinajstić information content (AvgIpc) is 3.40. The van der Waals surface area contributed by atoms with Crippen molar-refractivity contribution in [2.45, 2.75) is 257 Å². The number of hydrogen-bond acceptors (Lipinski definition) is 8. The molecule has 0 spiro atoms. The molecule has 0 aliphatic rings. The van der Waals surface area contributed by atoms with Crippen LogP contribution in [0.15, 0.2) is 109 Å². The number of aliphatic carboxylic acids is 1. The number of allylic oxidation sites excluding steroid dienone is 18. The fourth-order valence-electron chi connectivity index (χ4n) is 8.29. The molecular formula is C68H115NO8. The van der Waals surface area contributed by atoms with Crippen LogP contribution in [0.3, 0.4) is 0 Å². The summed E-state index contributed by atoms with van der Waals surface area (Å²) < 4.78 is 22.7. The van der Waals surface area contributed by atoms with E-state index in [1.807, 2.05) is 21.1 Å². The van der Waals surface area contributed by atoms with E-state index in [2.05, 4.69) is 123 Å². The molecule has 0 heterocycles. The van der Waals surface area contributed by atoms with Crippen molar-refractivity contribution in [1.29, 1.82) is 0 Å². The molecule has 0 bridgehead atoms. The summed E-state index contributed by atoms with van der Waals surface area (Å²) in [5.41, 5.74) is 0. The van der Waals surface area contributed by atoms with Crippen LogP contribution in [-0.4, -0.2) is 82.3 Å². The maximum atomic E-state index is 12.9. The van der Waals surface area contributed by atoms with Crippen molar-refractivity contribution in [2.24, 2.45) is 0 Å². The molecule has 0 saturated carbocycles. The van der Waals surface area contributed by atoms with Gasteiger partial charge in [-0.2, -0.15) is 0 Å². The van der Waals surface area contributed by atoms with Crippen molar-refractivity contribution in [1.82, 2.24) is 0 Å². The lowest BCUT2D eigenvalue weighted by atomic mass is 10.0. The molecule has 0 rings (SSSR count). The first kappa shape index (κ1) is 73.0. The van der Waals surface area contributed by atoms with Gasteiger partial charge in [0.15, 0.2) is 12.4 Å². The molecule has 0 aliphatic heterocycles. The predicted molar refractivity (Wildman–Crippen MR) is 324 cm³/mol. The first-order chi connectivity index (χ1) is 37.6. The van der Waals surface area contributed by atoms with Crippen LogP contribution < -0.4 is 5.11 Å². The van der Waals surface area contributed by atoms with Crippen LogP contribution in [0.2, 0.25) is 0 Å². The summed E-state index contributed by atoms with van der Waals surface area (Å²) in [6, 6.07) is 0. The fourth-order valence-corrected chi connectivity index (χ4v) is 8.29. The summed E-state index contributed by atoms with van der Waals surface area (Å²) in [7, 11) is 5.92. The largest absolute Gasteiger partial charge is 0.545 e. The first-order valence-corrected chi connectivity index (χ1v) is 31.0. The van der Waals surface area contributed by atoms with Gasteiger partial charge in [-0.15, -0.1) is 0 Å². The minimum atomic E-state index is -1.62. The Morgan fingerprint density at radius 3 is 1.10 bits per heavy atom. The molecule has 9 nitrogen and oxygen atoms in total. The molecule has 0 amide bonds. The molecule has 0 radical (unpaired) electrons. The van der Waals surface area contributed by atoms with Crippen molar-refractivity contribution in [2.75, 3.05) is 47.5 Å². The van der Waals surface area contributed by atoms with Gasteiger partial charge in [0.2, 0.25) is 0 Å². The van der Waals surface area contributed by atoms with E-state index in [-0.39, 0.29) is 32.2 Å². The molecule has 0 fully saturated rings. The van der Waals surface area contributed by atoms with Gasteiger partial charge in [-0.3, -0.25) is 9.59 Å². The minimum Gasteiger partial charge on any atom is -0.545 e. The topological polar surface area (TPSA) is 111 Å². The molecule has 0 saturated heterocycles. The lowest BCUT2D eigenvalue weighted by Crippen LogP contribution is -2.44. The third-order valence-electron chi connectivity index (χ3n) is 13.0. The van der Waals surface area contributed by atoms with Gasteiger partial charge in [0.05, 0.1) is 40.3 Å². The van der Waals surface area contributed by atoms with Gasteiger partial charge in [-0.25, -0.2) is 0 Å². The second kappa shape index (κ2) is 58.1. The third kappa shape index (κ3) is 59.5. The number of esters is 2. The number of likely N-dealkylation sites (N-methyl/N-ethyl adjacent to an activating group) is 1. The van der Waals surface area contributed by atoms with Crippen LogP contribution in [0.5, 0.6) is 0 Å². The highest BCUT2D eigenvalue weighted by atomic mass is 16.7. The summed E-state index contributed by atoms with van der Waals surface area (Å²) >= 11 is 0. The van der Waals surface area contributed by atoms with E-state index in [0.717, 1.165) is 103 Å². The van der Waals surface area contributed by atoms with Crippen LogP contribution in [0.4, 0.5) is 0 Å². The fraction of sp³-hybridized carbons (Fsp3) is 0.691. The number of carboxylic acid groups (broad SMARTS) is 1. The summed E-state index contributed by atoms with van der Waals surface area (Å²) in [6.07, 6.45) is 77.2. The highest BCUT2D eigenvalue weighted by Crippen LogP contribution is 2.16. The number of carboxylic acids is 1. The Morgan fingerprint density at radius 2 is 0.740 bits per heavy atom. The molecule has 2 atom stereocenters. The molecule has 0 N–H and O–H groups in total. The Hall–Kier alpha value is -4.05. The number of carbonyl (C=O) groups excluding carboxylic acids is 3. The first-order valence-electron chi connectivity index (χ1n) is 31.0. The monoisotopic (exact) mass is 1070 g/mol. The zero-order valence-electron chi connectivity index (χ0n) is 50.0. The Balaban J connectivity index is 4.11. The number of ether oxygens (including phenoxy) is 4. The maximum Gasteiger partial charge on any atom is 0.306 e. The van der Waals surface area contributed by atoms with Gasteiger partial charge in [0, 0.05) is 12.8 Å². The number of unbranched alkanes of at least 4 members (excludes halogenated alkanes) is 23. The smallest absolute Gasteiger partial charge is 0.306 e. The maximum absolute atomic E-state index is 12.9. The normalized spacial score (nSPS) is 13.5. The van der Waals surface area contributed by atoms with Gasteiger partial charge in [0.1, 0.15) is 13.2 Å². The standard InChI is InChI=1S/C68H115NO8/c1-6-8-10-12-14-16-18-20-21-22-23-24-25-26-27-28-29-30-31-32-33-34-35-36-37-38-39-40-41-42-43-44-45-47-49-51-53-55-57-59-66(71)77-64(63-76-68(67(72)73)74-61-60-69(3,4)5)62-75-65(70)58-56-54-52-50-48-46-19-17-15-13-11-9-7-2/h8,10,14,16,20-21,23-24,26-27,29-30,32-33,35-36,38-39,64,68H,6-7,9,11-13,15,17-19,22,25,28,31,34,37,40-63H2,1-5H3/b10-8-,16-14-,21-20-,24-23-,27-26-,30-29-,33-32-,36-35-,39-38-. The molecule has 0 aliphatic carbocycles. The molecule has 0 aromatic carbocycles. The van der Waals surface area contributed by atoms with E-state index in [4.69, 9.17) is 18.9 Å². The summed E-state index contributed by atoms with van der Waals surface area (Å²) in [4.78, 5) is 37.2. The third-order valence-corrected chi connectivity index (χ3v) is 13.0. The second-order valence-corrected chi connectivity index (χ2v) is 21.6. The van der Waals surface area contributed by atoms with Gasteiger partial charge in [-0.05, 0) is 83.5 Å². The van der Waals surface area contributed by atoms with E-state index in [9.17, 15) is 19.5 Å². The van der Waals surface area contributed by atoms with Gasteiger partial charge < -0.3 is 33.3 Å². The summed E-state index contributed by atoms with van der Waals surface area (Å²) in [5.74, 6) is -2.29. The lowest BCUT2D eigenvalue weighted by molar-refractivity contribution is -0.870. The zero-order valence-corrected chi connectivity index (χ0v) is 50.0. The Morgan fingerprint density at radius 1 is 0.403 bits per heavy atom. The highest BCUT2D eigenvalue weighted by molar-refractivity contribution is 5.70. The van der Waals surface area contributed by atoms with Crippen molar-refractivity contribution in [3.8, 4) is 0 Å². The van der Waals surface area contributed by atoms with E-state index in [1.54, 1.807) is 0 Å². The quantitative estimate of drug-likeness (QED) is 0.0195. The Bertz CT molecular complexity index is 1630. The molecular weight excluding hydrogens is 959 g/mol. The van der Waals surface area contributed by atoms with E-state index >= 15 is 0 Å². The minimum absolute atomic E-state index is 0.144. The van der Waals surface area contributed by atoms with Crippen molar-refractivity contribution >= 4 is 17.9 Å². The van der Waals surface area contributed by atoms with E-state index < -0.39 is 24.3 Å². The SMILES string of the molecule is CC/C=C\C/C=C\C/C=C\C/C=C\C/C=C\C/C=C\C/C=C\C/C=C\C/C=C\CCCCCCCCCCCCCC(=O)OC(COC(=O)CCCCCCCCCCCCCCC)COC(OCC[N+](C)(C)C)C(=O)[O-]. The van der Waals surface area contributed by atoms with Gasteiger partial charge >= 0.3 is 11.9 Å². The number of quaternary nitrogens is 1. The predicted octanol–water partition coefficient (Wildman–Crippen LogP) is 17.3. The van der Waals surface area contributed by atoms with E-state index in [1.165, 1.54) is 109 Å². The average molecular weight is 1070 g/mol. The highest BCUT2D eigenvalue weighted by Gasteiger charge is 2.22. The molecule has 77 heavy (non-hydrogen) atoms. The van der Waals surface area contributed by atoms with Crippen LogP contribution in [0.1, 0.15) is 245 Å². The van der Waals surface area contributed by atoms with Crippen molar-refractivity contribution in [3.05, 3.63) is 109 Å². The van der Waals surface area contributed by atoms with Gasteiger partial charge in [0.25, 0.3) is 0 Å². The van der Waals surface area contributed by atoms with Crippen molar-refractivity contribution in [3.63, 3.8) is 0 Å². The number of nitrogens with zero attached hydrogens (tertiary/aromatic N) is 1.